The summed E-state index contributed by atoms with van der Waals surface area (Å²) in [6.07, 6.45) is 3.01. The topological polar surface area (TPSA) is 44.7 Å². The first-order chi connectivity index (χ1) is 15.1. The van der Waals surface area contributed by atoms with Gasteiger partial charge in [0, 0.05) is 17.3 Å². The maximum absolute atomic E-state index is 12.6. The van der Waals surface area contributed by atoms with Crippen LogP contribution in [0.3, 0.4) is 0 Å². The Balaban J connectivity index is 1.64. The lowest BCUT2D eigenvalue weighted by Gasteiger charge is -2.50. The van der Waals surface area contributed by atoms with E-state index in [9.17, 15) is 4.79 Å². The maximum atomic E-state index is 12.6. The van der Waals surface area contributed by atoms with Crippen LogP contribution < -0.4 is 10.2 Å². The van der Waals surface area contributed by atoms with Crippen LogP contribution in [0.1, 0.15) is 58.1 Å². The molecule has 32 heavy (non-hydrogen) atoms. The van der Waals surface area contributed by atoms with Crippen LogP contribution in [0.5, 0.6) is 0 Å². The number of anilines is 1. The molecule has 2 heterocycles. The van der Waals surface area contributed by atoms with Crippen molar-refractivity contribution in [3.05, 3.63) is 62.5 Å². The molecular formula is C25H27Cl2N3OS. The van der Waals surface area contributed by atoms with E-state index in [0.29, 0.717) is 37.8 Å². The van der Waals surface area contributed by atoms with Crippen LogP contribution in [0.4, 0.5) is 11.4 Å². The third kappa shape index (κ3) is 4.43. The van der Waals surface area contributed by atoms with Crippen molar-refractivity contribution in [3.8, 4) is 0 Å². The fraction of sp³-hybridized carbons (Fsp3) is 0.360. The number of nitrogens with zero attached hydrogens (tertiary/aromatic N) is 2. The van der Waals surface area contributed by atoms with E-state index in [0.717, 1.165) is 12.0 Å². The lowest BCUT2D eigenvalue weighted by atomic mass is 9.79. The summed E-state index contributed by atoms with van der Waals surface area (Å²) in [5.41, 5.74) is 4.26. The number of fused-ring (bicyclic) bond motifs is 1. The molecule has 0 spiro atoms. The van der Waals surface area contributed by atoms with Gasteiger partial charge in [-0.05, 0) is 93.3 Å². The van der Waals surface area contributed by atoms with Crippen LogP contribution >= 0.6 is 35.0 Å². The van der Waals surface area contributed by atoms with Crippen LogP contribution in [0.15, 0.2) is 46.3 Å². The van der Waals surface area contributed by atoms with Crippen LogP contribution in [0, 0.1) is 0 Å². The van der Waals surface area contributed by atoms with Gasteiger partial charge in [-0.3, -0.25) is 4.79 Å². The minimum atomic E-state index is -0.164. The lowest BCUT2D eigenvalue weighted by molar-refractivity contribution is -0.115. The highest BCUT2D eigenvalue weighted by molar-refractivity contribution is 8.18. The molecule has 1 N–H and O–H groups in total. The molecule has 4 rings (SSSR count). The first-order valence-electron chi connectivity index (χ1n) is 10.7. The lowest BCUT2D eigenvalue weighted by Crippen LogP contribution is -2.51. The van der Waals surface area contributed by atoms with Gasteiger partial charge in [0.2, 0.25) is 0 Å². The summed E-state index contributed by atoms with van der Waals surface area (Å²) in [4.78, 5) is 20.1. The molecule has 0 aromatic heterocycles. The van der Waals surface area contributed by atoms with Gasteiger partial charge < -0.3 is 10.2 Å². The van der Waals surface area contributed by atoms with Crippen molar-refractivity contribution >= 4 is 63.5 Å². The summed E-state index contributed by atoms with van der Waals surface area (Å²) in [6, 6.07) is 12.2. The Hall–Kier alpha value is -1.95. The summed E-state index contributed by atoms with van der Waals surface area (Å²) >= 11 is 13.6. The number of benzene rings is 2. The number of nitrogens with one attached hydrogen (secondary N) is 1. The normalized spacial score (nSPS) is 22.6. The highest BCUT2D eigenvalue weighted by Gasteiger charge is 2.37. The van der Waals surface area contributed by atoms with Gasteiger partial charge in [0.05, 0.1) is 20.6 Å². The molecule has 2 aliphatic rings. The van der Waals surface area contributed by atoms with Gasteiger partial charge in [-0.2, -0.15) is 0 Å². The zero-order chi connectivity index (χ0) is 23.2. The monoisotopic (exact) mass is 487 g/mol. The number of rotatable bonds is 3. The number of carbonyl (C=O) groups excluding carboxylic acids is 1. The minimum absolute atomic E-state index is 0.106. The van der Waals surface area contributed by atoms with Crippen LogP contribution in [-0.4, -0.2) is 22.7 Å². The largest absolute Gasteiger partial charge is 0.364 e. The Morgan fingerprint density at radius 3 is 2.72 bits per heavy atom. The SMILES string of the molecule is CC(C)N1c2ccc(/C=C3\SC(=Nc4cccc(Cl)c4Cl)NC3=O)cc2[C@H](C)CC1(C)C. The van der Waals surface area contributed by atoms with Crippen molar-refractivity contribution in [1.82, 2.24) is 5.32 Å². The molecule has 1 atom stereocenters. The summed E-state index contributed by atoms with van der Waals surface area (Å²) in [5.74, 6) is 0.281. The average Bonchev–Trinajstić information content (AvgIpc) is 3.04. The predicted octanol–water partition coefficient (Wildman–Crippen LogP) is 7.39. The number of amidine groups is 1. The Bertz CT molecular complexity index is 1140. The molecule has 7 heteroatoms. The van der Waals surface area contributed by atoms with Crippen LogP contribution in [-0.2, 0) is 4.79 Å². The molecule has 0 aliphatic carbocycles. The van der Waals surface area contributed by atoms with Gasteiger partial charge in [-0.25, -0.2) is 4.99 Å². The standard InChI is InChI=1S/C25H27Cl2N3OS/c1-14(2)30-20-10-9-16(11-17(20)15(3)13-25(30,4)5)12-21-23(31)29-24(32-21)28-19-8-6-7-18(26)22(19)27/h6-12,14-15H,13H2,1-5H3,(H,28,29,31)/b21-12-/t15-/m1/s1. The summed E-state index contributed by atoms with van der Waals surface area (Å²) in [5, 5.41) is 4.11. The third-order valence-corrected chi connectivity index (χ3v) is 7.64. The van der Waals surface area contributed by atoms with Crippen molar-refractivity contribution in [2.75, 3.05) is 4.90 Å². The van der Waals surface area contributed by atoms with E-state index in [1.54, 1.807) is 18.2 Å². The van der Waals surface area contributed by atoms with Crippen LogP contribution in [0.25, 0.3) is 6.08 Å². The number of aliphatic imine (C=N–C) groups is 1. The number of hydrogen-bond donors (Lipinski definition) is 1. The molecule has 0 unspecified atom stereocenters. The average molecular weight is 488 g/mol. The minimum Gasteiger partial charge on any atom is -0.364 e. The van der Waals surface area contributed by atoms with Crippen molar-refractivity contribution in [2.24, 2.45) is 4.99 Å². The molecular weight excluding hydrogens is 461 g/mol. The van der Waals surface area contributed by atoms with E-state index < -0.39 is 0 Å². The second kappa shape index (κ2) is 8.77. The molecule has 0 saturated carbocycles. The van der Waals surface area contributed by atoms with E-state index in [-0.39, 0.29) is 11.4 Å². The zero-order valence-corrected chi connectivity index (χ0v) is 21.2. The number of thioether (sulfide) groups is 1. The predicted molar refractivity (Wildman–Crippen MR) is 138 cm³/mol. The van der Waals surface area contributed by atoms with Crippen molar-refractivity contribution in [2.45, 2.75) is 58.5 Å². The smallest absolute Gasteiger partial charge is 0.264 e. The van der Waals surface area contributed by atoms with Gasteiger partial charge >= 0.3 is 0 Å². The Morgan fingerprint density at radius 1 is 1.25 bits per heavy atom. The highest BCUT2D eigenvalue weighted by atomic mass is 35.5. The Labute approximate surface area is 204 Å². The molecule has 168 valence electrons. The second-order valence-electron chi connectivity index (χ2n) is 9.25. The van der Waals surface area contributed by atoms with Crippen LogP contribution in [0.2, 0.25) is 10.0 Å². The van der Waals surface area contributed by atoms with E-state index in [4.69, 9.17) is 23.2 Å². The molecule has 0 radical (unpaired) electrons. The van der Waals surface area contributed by atoms with Crippen molar-refractivity contribution in [1.29, 1.82) is 0 Å². The van der Waals surface area contributed by atoms with E-state index in [2.05, 4.69) is 68.0 Å². The van der Waals surface area contributed by atoms with Gasteiger partial charge in [0.15, 0.2) is 5.17 Å². The Morgan fingerprint density at radius 2 is 2.00 bits per heavy atom. The zero-order valence-electron chi connectivity index (χ0n) is 18.9. The number of hydrogen-bond acceptors (Lipinski definition) is 4. The Kier molecular flexibility index (Phi) is 6.36. The molecule has 0 bridgehead atoms. The van der Waals surface area contributed by atoms with Gasteiger partial charge in [-0.1, -0.05) is 42.3 Å². The van der Waals surface area contributed by atoms with E-state index in [1.165, 1.54) is 23.0 Å². The van der Waals surface area contributed by atoms with Crippen molar-refractivity contribution < 1.29 is 4.79 Å². The third-order valence-electron chi connectivity index (χ3n) is 5.92. The molecule has 2 aromatic rings. The molecule has 4 nitrogen and oxygen atoms in total. The molecule has 2 aliphatic heterocycles. The number of carbonyl (C=O) groups is 1. The molecule has 1 amide bonds. The van der Waals surface area contributed by atoms with E-state index >= 15 is 0 Å². The highest BCUT2D eigenvalue weighted by Crippen LogP contribution is 2.45. The van der Waals surface area contributed by atoms with Gasteiger partial charge in [0.25, 0.3) is 5.91 Å². The van der Waals surface area contributed by atoms with Gasteiger partial charge in [-0.15, -0.1) is 0 Å². The summed E-state index contributed by atoms with van der Waals surface area (Å²) < 4.78 is 0. The van der Waals surface area contributed by atoms with Gasteiger partial charge in [0.1, 0.15) is 0 Å². The second-order valence-corrected chi connectivity index (χ2v) is 11.1. The van der Waals surface area contributed by atoms with E-state index in [1.807, 2.05) is 6.08 Å². The molecule has 2 aromatic carbocycles. The summed E-state index contributed by atoms with van der Waals surface area (Å²) in [6.45, 7) is 11.4. The molecule has 1 saturated heterocycles. The molecule has 1 fully saturated rings. The van der Waals surface area contributed by atoms with Crippen molar-refractivity contribution in [3.63, 3.8) is 0 Å². The fourth-order valence-corrected chi connectivity index (χ4v) is 6.03. The first-order valence-corrected chi connectivity index (χ1v) is 12.3. The number of halogens is 2. The number of amides is 1. The quantitative estimate of drug-likeness (QED) is 0.459. The first kappa shape index (κ1) is 23.2. The maximum Gasteiger partial charge on any atom is 0.264 e. The summed E-state index contributed by atoms with van der Waals surface area (Å²) in [7, 11) is 0. The fourth-order valence-electron chi connectivity index (χ4n) is 4.86.